The zero-order chi connectivity index (χ0) is 22.4. The van der Waals surface area contributed by atoms with Gasteiger partial charge in [0.15, 0.2) is 0 Å². The van der Waals surface area contributed by atoms with E-state index < -0.39 is 0 Å². The van der Waals surface area contributed by atoms with Crippen LogP contribution in [0.2, 0.25) is 0 Å². The third-order valence-corrected chi connectivity index (χ3v) is 3.54. The second-order valence-corrected chi connectivity index (χ2v) is 8.16. The second kappa shape index (κ2) is 15.6. The molecule has 0 saturated carbocycles. The van der Waals surface area contributed by atoms with Gasteiger partial charge < -0.3 is 29.6 Å². The summed E-state index contributed by atoms with van der Waals surface area (Å²) in [6.45, 7) is 16.8. The minimum atomic E-state index is -0.357. The molecular weight excluding hydrogens is 376 g/mol. The number of rotatable bonds is 16. The molecule has 2 unspecified atom stereocenters. The number of nitrogens with one attached hydrogen (secondary N) is 2. The lowest BCUT2D eigenvalue weighted by Crippen LogP contribution is -2.42. The fourth-order valence-electron chi connectivity index (χ4n) is 2.39. The van der Waals surface area contributed by atoms with Crippen molar-refractivity contribution in [3.8, 4) is 0 Å². The van der Waals surface area contributed by atoms with Crippen LogP contribution < -0.4 is 10.6 Å². The Kier molecular flexibility index (Phi) is 14.9. The highest BCUT2D eigenvalue weighted by molar-refractivity contribution is 5.96. The van der Waals surface area contributed by atoms with E-state index in [0.717, 1.165) is 0 Å². The van der Waals surface area contributed by atoms with Gasteiger partial charge in [-0.25, -0.2) is 0 Å². The molecule has 0 rings (SSSR count). The second-order valence-electron chi connectivity index (χ2n) is 8.16. The molecule has 29 heavy (non-hydrogen) atoms. The monoisotopic (exact) mass is 418 g/mol. The molecule has 8 nitrogen and oxygen atoms in total. The predicted molar refractivity (Wildman–Crippen MR) is 113 cm³/mol. The van der Waals surface area contributed by atoms with Gasteiger partial charge >= 0.3 is 0 Å². The highest BCUT2D eigenvalue weighted by Gasteiger charge is 2.18. The summed E-state index contributed by atoms with van der Waals surface area (Å²) in [6.07, 6.45) is -0.587. The van der Waals surface area contributed by atoms with Crippen molar-refractivity contribution in [2.75, 3.05) is 26.3 Å². The maximum Gasteiger partial charge on any atom is 0.229 e. The fraction of sp³-hybridized carbons (Fsp3) is 0.905. The largest absolute Gasteiger partial charge is 0.376 e. The average molecular weight is 419 g/mol. The first-order valence-corrected chi connectivity index (χ1v) is 10.6. The zero-order valence-corrected chi connectivity index (χ0v) is 19.4. The molecule has 2 N–H and O–H groups in total. The highest BCUT2D eigenvalue weighted by Crippen LogP contribution is 2.02. The maximum atomic E-state index is 12.1. The lowest BCUT2D eigenvalue weighted by atomic mass is 10.3. The Morgan fingerprint density at radius 1 is 0.621 bits per heavy atom. The van der Waals surface area contributed by atoms with E-state index in [4.69, 9.17) is 18.9 Å². The van der Waals surface area contributed by atoms with Crippen molar-refractivity contribution in [2.24, 2.45) is 0 Å². The van der Waals surface area contributed by atoms with Crippen LogP contribution in [-0.2, 0) is 28.5 Å². The number of carbonyl (C=O) groups excluding carboxylic acids is 2. The van der Waals surface area contributed by atoms with Crippen molar-refractivity contribution in [1.29, 1.82) is 0 Å². The molecule has 172 valence electrons. The Bertz CT molecular complexity index is 414. The maximum absolute atomic E-state index is 12.1. The molecule has 0 saturated heterocycles. The first kappa shape index (κ1) is 27.8. The van der Waals surface area contributed by atoms with Crippen LogP contribution in [0.4, 0.5) is 0 Å². The van der Waals surface area contributed by atoms with Crippen LogP contribution in [0.15, 0.2) is 0 Å². The van der Waals surface area contributed by atoms with E-state index in [9.17, 15) is 9.59 Å². The summed E-state index contributed by atoms with van der Waals surface area (Å²) in [5.41, 5.74) is 0. The molecule has 0 aliphatic rings. The van der Waals surface area contributed by atoms with Gasteiger partial charge in [0.05, 0.1) is 49.8 Å². The van der Waals surface area contributed by atoms with Crippen molar-refractivity contribution in [3.05, 3.63) is 0 Å². The summed E-state index contributed by atoms with van der Waals surface area (Å²) in [6, 6.07) is 0. The molecule has 2 atom stereocenters. The van der Waals surface area contributed by atoms with Gasteiger partial charge in [-0.15, -0.1) is 0 Å². The smallest absolute Gasteiger partial charge is 0.229 e. The number of carbonyl (C=O) groups is 2. The first-order valence-electron chi connectivity index (χ1n) is 10.6. The summed E-state index contributed by atoms with van der Waals surface area (Å²) in [5, 5.41) is 5.48. The number of ether oxygens (including phenoxy) is 4. The van der Waals surface area contributed by atoms with Gasteiger partial charge in [-0.05, 0) is 55.4 Å². The van der Waals surface area contributed by atoms with Gasteiger partial charge in [0, 0.05) is 13.1 Å². The molecule has 0 spiro atoms. The molecular formula is C21H42N2O6. The Labute approximate surface area is 176 Å². The first-order chi connectivity index (χ1) is 13.5. The van der Waals surface area contributed by atoms with Crippen molar-refractivity contribution in [1.82, 2.24) is 10.6 Å². The summed E-state index contributed by atoms with van der Waals surface area (Å²) in [7, 11) is 0. The lowest BCUT2D eigenvalue weighted by Gasteiger charge is -2.23. The lowest BCUT2D eigenvalue weighted by molar-refractivity contribution is -0.131. The van der Waals surface area contributed by atoms with Crippen molar-refractivity contribution in [2.45, 2.75) is 98.4 Å². The predicted octanol–water partition coefficient (Wildman–Crippen LogP) is 2.05. The van der Waals surface area contributed by atoms with Crippen molar-refractivity contribution < 1.29 is 28.5 Å². The number of amides is 2. The molecule has 8 heteroatoms. The van der Waals surface area contributed by atoms with E-state index >= 15 is 0 Å². The van der Waals surface area contributed by atoms with Crippen LogP contribution >= 0.6 is 0 Å². The Balaban J connectivity index is 4.35. The third-order valence-electron chi connectivity index (χ3n) is 3.54. The highest BCUT2D eigenvalue weighted by atomic mass is 16.5. The van der Waals surface area contributed by atoms with Gasteiger partial charge in [0.25, 0.3) is 0 Å². The SMILES string of the molecule is CC(C)OCC(CNC(=O)CC(=O)NCC(COC(C)C)OC(C)C)OC(C)C. The van der Waals surface area contributed by atoms with E-state index in [1.54, 1.807) is 0 Å². The summed E-state index contributed by atoms with van der Waals surface area (Å²) >= 11 is 0. The van der Waals surface area contributed by atoms with Gasteiger partial charge in [0.1, 0.15) is 6.42 Å². The molecule has 0 bridgehead atoms. The van der Waals surface area contributed by atoms with Crippen LogP contribution in [0.25, 0.3) is 0 Å². The number of hydrogen-bond acceptors (Lipinski definition) is 6. The molecule has 2 amide bonds. The van der Waals surface area contributed by atoms with Crippen LogP contribution in [0.3, 0.4) is 0 Å². The summed E-state index contributed by atoms with van der Waals surface area (Å²) in [4.78, 5) is 24.2. The van der Waals surface area contributed by atoms with Gasteiger partial charge in [0.2, 0.25) is 11.8 Å². The Morgan fingerprint density at radius 3 is 1.24 bits per heavy atom. The number of hydrogen-bond donors (Lipinski definition) is 2. The quantitative estimate of drug-likeness (QED) is 0.373. The van der Waals surface area contributed by atoms with E-state index in [-0.39, 0.29) is 54.9 Å². The minimum Gasteiger partial charge on any atom is -0.376 e. The normalized spacial score (nSPS) is 13.9. The molecule has 0 aromatic rings. The molecule has 0 aromatic carbocycles. The summed E-state index contributed by atoms with van der Waals surface area (Å²) in [5.74, 6) is -0.715. The molecule has 0 aliphatic carbocycles. The Morgan fingerprint density at radius 2 is 0.966 bits per heavy atom. The van der Waals surface area contributed by atoms with E-state index in [0.29, 0.717) is 26.3 Å². The van der Waals surface area contributed by atoms with Gasteiger partial charge in [-0.2, -0.15) is 0 Å². The topological polar surface area (TPSA) is 95.1 Å². The molecule has 0 radical (unpaired) electrons. The van der Waals surface area contributed by atoms with Crippen LogP contribution in [0, 0.1) is 0 Å². The van der Waals surface area contributed by atoms with E-state index in [1.165, 1.54) is 0 Å². The minimum absolute atomic E-state index is 0.0157. The van der Waals surface area contributed by atoms with Gasteiger partial charge in [-0.1, -0.05) is 0 Å². The van der Waals surface area contributed by atoms with Crippen LogP contribution in [0.5, 0.6) is 0 Å². The third kappa shape index (κ3) is 17.4. The molecule has 0 fully saturated rings. The zero-order valence-electron chi connectivity index (χ0n) is 19.4. The summed E-state index contributed by atoms with van der Waals surface area (Å²) < 4.78 is 22.6. The average Bonchev–Trinajstić information content (AvgIpc) is 2.58. The van der Waals surface area contributed by atoms with Crippen LogP contribution in [-0.4, -0.2) is 74.7 Å². The van der Waals surface area contributed by atoms with Crippen molar-refractivity contribution in [3.63, 3.8) is 0 Å². The van der Waals surface area contributed by atoms with E-state index in [1.807, 2.05) is 55.4 Å². The fourth-order valence-corrected chi connectivity index (χ4v) is 2.39. The standard InChI is InChI=1S/C21H42N2O6/c1-14(2)26-12-18(28-16(5)6)10-22-20(24)9-21(25)23-11-19(29-17(7)8)13-27-15(3)4/h14-19H,9-13H2,1-8H3,(H,22,24)(H,23,25). The molecule has 0 aliphatic heterocycles. The van der Waals surface area contributed by atoms with Crippen molar-refractivity contribution >= 4 is 11.8 Å². The molecule has 0 heterocycles. The van der Waals surface area contributed by atoms with E-state index in [2.05, 4.69) is 10.6 Å². The van der Waals surface area contributed by atoms with Gasteiger partial charge in [-0.3, -0.25) is 9.59 Å². The Hall–Kier alpha value is -1.22. The van der Waals surface area contributed by atoms with Crippen LogP contribution in [0.1, 0.15) is 61.8 Å². The molecule has 0 aromatic heterocycles.